The summed E-state index contributed by atoms with van der Waals surface area (Å²) in [6.07, 6.45) is 4.45. The Labute approximate surface area is 118 Å². The van der Waals surface area contributed by atoms with Crippen LogP contribution >= 0.6 is 11.8 Å². The molecule has 1 saturated heterocycles. The van der Waals surface area contributed by atoms with E-state index < -0.39 is 0 Å². The standard InChI is InChI=1S/C12H22N6S/c1-13-10-15-11(17-12(16-10)19-3)14-8-9-4-6-18(2)7-5-9/h9H,4-8H2,1-3H3,(H2,13,14,15,16,17). The van der Waals surface area contributed by atoms with Crippen LogP contribution in [-0.2, 0) is 0 Å². The second-order valence-electron chi connectivity index (χ2n) is 4.85. The molecule has 1 aliphatic heterocycles. The third-order valence-electron chi connectivity index (χ3n) is 3.41. The second-order valence-corrected chi connectivity index (χ2v) is 5.62. The molecule has 0 saturated carbocycles. The van der Waals surface area contributed by atoms with Gasteiger partial charge in [0.1, 0.15) is 0 Å². The predicted octanol–water partition coefficient (Wildman–Crippen LogP) is 1.39. The summed E-state index contributed by atoms with van der Waals surface area (Å²) in [5, 5.41) is 7.05. The normalized spacial score (nSPS) is 17.4. The van der Waals surface area contributed by atoms with Crippen LogP contribution in [0.2, 0.25) is 0 Å². The number of likely N-dealkylation sites (tertiary alicyclic amines) is 1. The van der Waals surface area contributed by atoms with Crippen molar-refractivity contribution in [1.82, 2.24) is 19.9 Å². The third kappa shape index (κ3) is 4.21. The molecule has 0 spiro atoms. The molecule has 0 radical (unpaired) electrons. The second kappa shape index (κ2) is 6.91. The van der Waals surface area contributed by atoms with Gasteiger partial charge in [-0.05, 0) is 45.2 Å². The zero-order valence-electron chi connectivity index (χ0n) is 11.8. The predicted molar refractivity (Wildman–Crippen MR) is 79.9 cm³/mol. The van der Waals surface area contributed by atoms with E-state index in [0.29, 0.717) is 17.8 Å². The van der Waals surface area contributed by atoms with Gasteiger partial charge in [0, 0.05) is 13.6 Å². The minimum absolute atomic E-state index is 0.616. The van der Waals surface area contributed by atoms with Crippen molar-refractivity contribution in [2.75, 3.05) is 50.6 Å². The Morgan fingerprint density at radius 2 is 1.89 bits per heavy atom. The molecule has 0 aliphatic carbocycles. The van der Waals surface area contributed by atoms with Gasteiger partial charge in [-0.25, -0.2) is 0 Å². The van der Waals surface area contributed by atoms with E-state index in [2.05, 4.69) is 37.5 Å². The highest BCUT2D eigenvalue weighted by molar-refractivity contribution is 7.98. The third-order valence-corrected chi connectivity index (χ3v) is 3.96. The van der Waals surface area contributed by atoms with E-state index in [9.17, 15) is 0 Å². The van der Waals surface area contributed by atoms with E-state index in [0.717, 1.165) is 11.7 Å². The maximum Gasteiger partial charge on any atom is 0.228 e. The van der Waals surface area contributed by atoms with Gasteiger partial charge in [-0.3, -0.25) is 0 Å². The lowest BCUT2D eigenvalue weighted by Gasteiger charge is -2.28. The molecule has 2 rings (SSSR count). The molecular weight excluding hydrogens is 260 g/mol. The topological polar surface area (TPSA) is 66.0 Å². The van der Waals surface area contributed by atoms with Gasteiger partial charge in [-0.2, -0.15) is 15.0 Å². The fraction of sp³-hybridized carbons (Fsp3) is 0.750. The number of rotatable bonds is 5. The molecular formula is C12H22N6S. The fourth-order valence-corrected chi connectivity index (χ4v) is 2.50. The largest absolute Gasteiger partial charge is 0.357 e. The van der Waals surface area contributed by atoms with Gasteiger partial charge < -0.3 is 15.5 Å². The van der Waals surface area contributed by atoms with Gasteiger partial charge in [-0.1, -0.05) is 11.8 Å². The fourth-order valence-electron chi connectivity index (χ4n) is 2.14. The summed E-state index contributed by atoms with van der Waals surface area (Å²) in [5.74, 6) is 2.00. The molecule has 1 aromatic heterocycles. The van der Waals surface area contributed by atoms with Crippen LogP contribution in [0.3, 0.4) is 0 Å². The Hall–Kier alpha value is -1.08. The van der Waals surface area contributed by atoms with Crippen molar-refractivity contribution >= 4 is 23.7 Å². The van der Waals surface area contributed by atoms with Gasteiger partial charge >= 0.3 is 0 Å². The Balaban J connectivity index is 1.91. The maximum absolute atomic E-state index is 4.38. The molecule has 7 heteroatoms. The van der Waals surface area contributed by atoms with Gasteiger partial charge in [0.15, 0.2) is 5.16 Å². The SMILES string of the molecule is CNc1nc(NCC2CCN(C)CC2)nc(SC)n1. The Morgan fingerprint density at radius 3 is 2.53 bits per heavy atom. The van der Waals surface area contributed by atoms with Crippen molar-refractivity contribution in [2.45, 2.75) is 18.0 Å². The van der Waals surface area contributed by atoms with Crippen LogP contribution in [0.4, 0.5) is 11.9 Å². The van der Waals surface area contributed by atoms with E-state index in [1.54, 1.807) is 0 Å². The van der Waals surface area contributed by atoms with Crippen LogP contribution < -0.4 is 10.6 Å². The Bertz CT molecular complexity index is 383. The number of nitrogens with one attached hydrogen (secondary N) is 2. The van der Waals surface area contributed by atoms with Crippen molar-refractivity contribution < 1.29 is 0 Å². The molecule has 19 heavy (non-hydrogen) atoms. The number of thioether (sulfide) groups is 1. The van der Waals surface area contributed by atoms with E-state index in [1.807, 2.05) is 13.3 Å². The molecule has 0 atom stereocenters. The molecule has 1 aliphatic rings. The highest BCUT2D eigenvalue weighted by Gasteiger charge is 2.16. The average Bonchev–Trinajstić information content (AvgIpc) is 2.46. The molecule has 1 fully saturated rings. The number of hydrogen-bond acceptors (Lipinski definition) is 7. The van der Waals surface area contributed by atoms with Crippen molar-refractivity contribution in [1.29, 1.82) is 0 Å². The molecule has 0 bridgehead atoms. The summed E-state index contributed by atoms with van der Waals surface area (Å²) < 4.78 is 0. The molecule has 0 unspecified atom stereocenters. The van der Waals surface area contributed by atoms with Gasteiger partial charge in [0.25, 0.3) is 0 Å². The summed E-state index contributed by atoms with van der Waals surface area (Å²) in [6, 6.07) is 0. The highest BCUT2D eigenvalue weighted by atomic mass is 32.2. The molecule has 0 amide bonds. The average molecular weight is 282 g/mol. The number of aromatic nitrogens is 3. The summed E-state index contributed by atoms with van der Waals surface area (Å²) in [6.45, 7) is 3.30. The summed E-state index contributed by atoms with van der Waals surface area (Å²) in [5.41, 5.74) is 0. The van der Waals surface area contributed by atoms with E-state index in [1.165, 1.54) is 37.7 Å². The molecule has 0 aromatic carbocycles. The number of nitrogens with zero attached hydrogens (tertiary/aromatic N) is 4. The minimum Gasteiger partial charge on any atom is -0.357 e. The number of anilines is 2. The monoisotopic (exact) mass is 282 g/mol. The van der Waals surface area contributed by atoms with Crippen LogP contribution in [0.5, 0.6) is 0 Å². The van der Waals surface area contributed by atoms with E-state index in [4.69, 9.17) is 0 Å². The first kappa shape index (κ1) is 14.3. The Kier molecular flexibility index (Phi) is 5.21. The molecule has 2 heterocycles. The molecule has 106 valence electrons. The number of hydrogen-bond donors (Lipinski definition) is 2. The molecule has 1 aromatic rings. The lowest BCUT2D eigenvalue weighted by atomic mass is 9.97. The first-order valence-corrected chi connectivity index (χ1v) is 7.84. The van der Waals surface area contributed by atoms with Crippen LogP contribution in [0, 0.1) is 5.92 Å². The number of piperidine rings is 1. The first-order chi connectivity index (χ1) is 9.21. The highest BCUT2D eigenvalue weighted by Crippen LogP contribution is 2.17. The van der Waals surface area contributed by atoms with Crippen molar-refractivity contribution in [3.05, 3.63) is 0 Å². The maximum atomic E-state index is 4.38. The van der Waals surface area contributed by atoms with Crippen LogP contribution in [0.25, 0.3) is 0 Å². The summed E-state index contributed by atoms with van der Waals surface area (Å²) in [7, 11) is 4.00. The quantitative estimate of drug-likeness (QED) is 0.791. The first-order valence-electron chi connectivity index (χ1n) is 6.61. The Morgan fingerprint density at radius 1 is 1.21 bits per heavy atom. The lowest BCUT2D eigenvalue weighted by Crippen LogP contribution is -2.33. The zero-order valence-corrected chi connectivity index (χ0v) is 12.6. The molecule has 2 N–H and O–H groups in total. The zero-order chi connectivity index (χ0) is 13.7. The van der Waals surface area contributed by atoms with Crippen LogP contribution in [0.1, 0.15) is 12.8 Å². The van der Waals surface area contributed by atoms with E-state index in [-0.39, 0.29) is 0 Å². The van der Waals surface area contributed by atoms with Gasteiger partial charge in [0.05, 0.1) is 0 Å². The minimum atomic E-state index is 0.616. The molecule has 6 nitrogen and oxygen atoms in total. The van der Waals surface area contributed by atoms with Gasteiger partial charge in [0.2, 0.25) is 11.9 Å². The van der Waals surface area contributed by atoms with Crippen molar-refractivity contribution in [3.63, 3.8) is 0 Å². The van der Waals surface area contributed by atoms with Crippen molar-refractivity contribution in [2.24, 2.45) is 5.92 Å². The van der Waals surface area contributed by atoms with Crippen LogP contribution in [0.15, 0.2) is 5.16 Å². The van der Waals surface area contributed by atoms with Crippen LogP contribution in [-0.4, -0.2) is 59.8 Å². The van der Waals surface area contributed by atoms with Gasteiger partial charge in [-0.15, -0.1) is 0 Å². The summed E-state index contributed by atoms with van der Waals surface area (Å²) >= 11 is 1.53. The van der Waals surface area contributed by atoms with E-state index >= 15 is 0 Å². The lowest BCUT2D eigenvalue weighted by molar-refractivity contribution is 0.226. The smallest absolute Gasteiger partial charge is 0.228 e. The van der Waals surface area contributed by atoms with Crippen molar-refractivity contribution in [3.8, 4) is 0 Å². The summed E-state index contributed by atoms with van der Waals surface area (Å²) in [4.78, 5) is 15.3.